The van der Waals surface area contributed by atoms with Gasteiger partial charge in [0.2, 0.25) is 5.95 Å². The van der Waals surface area contributed by atoms with Crippen molar-refractivity contribution < 1.29 is 0 Å². The molecule has 4 heteroatoms. The van der Waals surface area contributed by atoms with E-state index >= 15 is 0 Å². The number of hydrogen-bond donors (Lipinski definition) is 1. The molecule has 21 heavy (non-hydrogen) atoms. The van der Waals surface area contributed by atoms with Gasteiger partial charge < -0.3 is 10.2 Å². The summed E-state index contributed by atoms with van der Waals surface area (Å²) in [4.78, 5) is 11.7. The summed E-state index contributed by atoms with van der Waals surface area (Å²) in [5.74, 6) is 3.02. The van der Waals surface area contributed by atoms with Gasteiger partial charge >= 0.3 is 0 Å². The van der Waals surface area contributed by atoms with Gasteiger partial charge in [-0.2, -0.15) is 0 Å². The molecule has 0 bridgehead atoms. The molecular weight excluding hydrogens is 260 g/mol. The van der Waals surface area contributed by atoms with Gasteiger partial charge in [-0.25, -0.2) is 9.97 Å². The smallest absolute Gasteiger partial charge is 0.225 e. The Morgan fingerprint density at radius 3 is 2.52 bits per heavy atom. The van der Waals surface area contributed by atoms with E-state index in [1.807, 2.05) is 6.20 Å². The molecule has 2 rings (SSSR count). The minimum absolute atomic E-state index is 0.668. The Hall–Kier alpha value is -1.16. The quantitative estimate of drug-likeness (QED) is 0.905. The first-order chi connectivity index (χ1) is 9.95. The zero-order valence-electron chi connectivity index (χ0n) is 14.2. The largest absolute Gasteiger partial charge is 0.340 e. The number of aryl methyl sites for hydroxylation is 1. The van der Waals surface area contributed by atoms with Crippen molar-refractivity contribution in [1.29, 1.82) is 0 Å². The van der Waals surface area contributed by atoms with Crippen molar-refractivity contribution in [2.75, 3.05) is 24.5 Å². The van der Waals surface area contributed by atoms with Crippen LogP contribution < -0.4 is 10.2 Å². The second-order valence-electron chi connectivity index (χ2n) is 7.16. The molecule has 1 aromatic heterocycles. The lowest BCUT2D eigenvalue weighted by molar-refractivity contribution is 0.353. The highest BCUT2D eigenvalue weighted by Gasteiger charge is 2.23. The third-order valence-corrected chi connectivity index (χ3v) is 4.09. The van der Waals surface area contributed by atoms with Crippen molar-refractivity contribution in [2.24, 2.45) is 17.8 Å². The van der Waals surface area contributed by atoms with Crippen molar-refractivity contribution in [1.82, 2.24) is 15.3 Å². The van der Waals surface area contributed by atoms with Gasteiger partial charge in [-0.1, -0.05) is 27.7 Å². The minimum atomic E-state index is 0.668. The Morgan fingerprint density at radius 2 is 1.95 bits per heavy atom. The lowest BCUT2D eigenvalue weighted by Crippen LogP contribution is -2.39. The molecule has 2 unspecified atom stereocenters. The number of rotatable bonds is 5. The summed E-state index contributed by atoms with van der Waals surface area (Å²) in [5.41, 5.74) is 2.31. The van der Waals surface area contributed by atoms with E-state index < -0.39 is 0 Å². The molecule has 1 aromatic rings. The van der Waals surface area contributed by atoms with Crippen LogP contribution in [-0.4, -0.2) is 29.6 Å². The lowest BCUT2D eigenvalue weighted by Gasteiger charge is -2.35. The molecule has 1 fully saturated rings. The lowest BCUT2D eigenvalue weighted by atomic mass is 9.92. The summed E-state index contributed by atoms with van der Waals surface area (Å²) in [7, 11) is 0. The molecule has 1 N–H and O–H groups in total. The highest BCUT2D eigenvalue weighted by molar-refractivity contribution is 5.33. The number of aromatic nitrogens is 2. The van der Waals surface area contributed by atoms with E-state index in [9.17, 15) is 0 Å². The van der Waals surface area contributed by atoms with Gasteiger partial charge in [0.25, 0.3) is 0 Å². The third kappa shape index (κ3) is 4.67. The van der Waals surface area contributed by atoms with E-state index in [1.54, 1.807) is 0 Å². The molecule has 0 radical (unpaired) electrons. The highest BCUT2D eigenvalue weighted by Crippen LogP contribution is 2.24. The molecule has 0 amide bonds. The van der Waals surface area contributed by atoms with Gasteiger partial charge in [0.05, 0.1) is 0 Å². The van der Waals surface area contributed by atoms with Crippen LogP contribution in [0.5, 0.6) is 0 Å². The monoisotopic (exact) mass is 290 g/mol. The zero-order chi connectivity index (χ0) is 15.4. The van der Waals surface area contributed by atoms with E-state index in [0.29, 0.717) is 5.92 Å². The van der Waals surface area contributed by atoms with Gasteiger partial charge in [0.15, 0.2) is 0 Å². The Morgan fingerprint density at radius 1 is 1.29 bits per heavy atom. The maximum atomic E-state index is 4.74. The fourth-order valence-corrected chi connectivity index (χ4v) is 3.13. The third-order valence-electron chi connectivity index (χ3n) is 4.09. The number of hydrogen-bond acceptors (Lipinski definition) is 4. The van der Waals surface area contributed by atoms with Crippen LogP contribution in [-0.2, 0) is 6.54 Å². The second kappa shape index (κ2) is 7.21. The summed E-state index contributed by atoms with van der Waals surface area (Å²) < 4.78 is 0. The average molecular weight is 290 g/mol. The predicted molar refractivity (Wildman–Crippen MR) is 88.5 cm³/mol. The van der Waals surface area contributed by atoms with Crippen molar-refractivity contribution in [2.45, 2.75) is 47.6 Å². The predicted octanol–water partition coefficient (Wildman–Crippen LogP) is 3.01. The topological polar surface area (TPSA) is 41.1 Å². The Kier molecular flexibility index (Phi) is 5.57. The summed E-state index contributed by atoms with van der Waals surface area (Å²) in [6, 6.07) is 0. The highest BCUT2D eigenvalue weighted by atomic mass is 15.3. The Balaban J connectivity index is 2.01. The van der Waals surface area contributed by atoms with E-state index in [2.05, 4.69) is 49.8 Å². The molecule has 1 saturated heterocycles. The molecule has 0 spiro atoms. The van der Waals surface area contributed by atoms with Crippen LogP contribution >= 0.6 is 0 Å². The molecule has 2 atom stereocenters. The van der Waals surface area contributed by atoms with Crippen molar-refractivity contribution in [3.05, 3.63) is 17.5 Å². The second-order valence-corrected chi connectivity index (χ2v) is 7.16. The summed E-state index contributed by atoms with van der Waals surface area (Å²) >= 11 is 0. The number of nitrogens with zero attached hydrogens (tertiary/aromatic N) is 3. The Bertz CT molecular complexity index is 448. The fraction of sp³-hybridized carbons (Fsp3) is 0.765. The maximum Gasteiger partial charge on any atom is 0.225 e. The molecule has 2 heterocycles. The standard InChI is InChI=1S/C17H30N4/c1-12(2)7-18-8-16-9-19-17(20-15(16)5)21-10-13(3)6-14(4)11-21/h9,12-14,18H,6-8,10-11H2,1-5H3. The van der Waals surface area contributed by atoms with Gasteiger partial charge in [0.1, 0.15) is 0 Å². The molecule has 0 saturated carbocycles. The first-order valence-electron chi connectivity index (χ1n) is 8.24. The van der Waals surface area contributed by atoms with E-state index in [4.69, 9.17) is 4.98 Å². The van der Waals surface area contributed by atoms with Gasteiger partial charge in [-0.15, -0.1) is 0 Å². The van der Waals surface area contributed by atoms with Crippen LogP contribution in [0.1, 0.15) is 45.4 Å². The summed E-state index contributed by atoms with van der Waals surface area (Å²) in [6.07, 6.45) is 3.31. The normalized spacial score (nSPS) is 22.9. The van der Waals surface area contributed by atoms with Crippen LogP contribution in [0.4, 0.5) is 5.95 Å². The van der Waals surface area contributed by atoms with Crippen LogP contribution in [0.15, 0.2) is 6.20 Å². The van der Waals surface area contributed by atoms with E-state index in [0.717, 1.165) is 49.7 Å². The van der Waals surface area contributed by atoms with Crippen LogP contribution in [0.3, 0.4) is 0 Å². The Labute approximate surface area is 129 Å². The van der Waals surface area contributed by atoms with E-state index in [-0.39, 0.29) is 0 Å². The summed E-state index contributed by atoms with van der Waals surface area (Å²) in [5, 5.41) is 3.46. The van der Waals surface area contributed by atoms with Crippen molar-refractivity contribution in [3.63, 3.8) is 0 Å². The van der Waals surface area contributed by atoms with Crippen LogP contribution in [0, 0.1) is 24.7 Å². The molecule has 0 aromatic carbocycles. The minimum Gasteiger partial charge on any atom is -0.340 e. The van der Waals surface area contributed by atoms with Gasteiger partial charge in [-0.3, -0.25) is 0 Å². The molecule has 0 aliphatic carbocycles. The van der Waals surface area contributed by atoms with Crippen LogP contribution in [0.2, 0.25) is 0 Å². The number of anilines is 1. The number of nitrogens with one attached hydrogen (secondary N) is 1. The SMILES string of the molecule is Cc1nc(N2CC(C)CC(C)C2)ncc1CNCC(C)C. The molecule has 1 aliphatic heterocycles. The summed E-state index contributed by atoms with van der Waals surface area (Å²) in [6.45, 7) is 15.2. The molecule has 118 valence electrons. The fourth-order valence-electron chi connectivity index (χ4n) is 3.13. The van der Waals surface area contributed by atoms with Gasteiger partial charge in [-0.05, 0) is 37.6 Å². The maximum absolute atomic E-state index is 4.74. The van der Waals surface area contributed by atoms with Crippen molar-refractivity contribution >= 4 is 5.95 Å². The first-order valence-corrected chi connectivity index (χ1v) is 8.24. The first kappa shape index (κ1) is 16.2. The average Bonchev–Trinajstić information content (AvgIpc) is 2.39. The molecular formula is C17H30N4. The van der Waals surface area contributed by atoms with Crippen LogP contribution in [0.25, 0.3) is 0 Å². The number of piperidine rings is 1. The molecule has 1 aliphatic rings. The molecule has 4 nitrogen and oxygen atoms in total. The van der Waals surface area contributed by atoms with Crippen molar-refractivity contribution in [3.8, 4) is 0 Å². The van der Waals surface area contributed by atoms with E-state index in [1.165, 1.54) is 12.0 Å². The zero-order valence-corrected chi connectivity index (χ0v) is 14.2. The van der Waals surface area contributed by atoms with Gasteiger partial charge in [0, 0.05) is 37.1 Å².